The molecular weight excluding hydrogens is 222 g/mol. The molecule has 0 aromatic carbocycles. The van der Waals surface area contributed by atoms with Crippen LogP contribution in [-0.4, -0.2) is 17.1 Å². The molecule has 0 aliphatic heterocycles. The Morgan fingerprint density at radius 2 is 1.75 bits per heavy atom. The lowest BCUT2D eigenvalue weighted by Gasteiger charge is -2.04. The molecule has 0 saturated heterocycles. The SMILES string of the molecule is COc1c(Cl)nc(CCl)nc1Cl. The van der Waals surface area contributed by atoms with Crippen molar-refractivity contribution in [2.75, 3.05) is 7.11 Å². The van der Waals surface area contributed by atoms with E-state index in [1.54, 1.807) is 0 Å². The van der Waals surface area contributed by atoms with E-state index in [1.165, 1.54) is 7.11 Å². The molecular formula is C6H5Cl3N2O. The van der Waals surface area contributed by atoms with Crippen molar-refractivity contribution in [3.8, 4) is 5.75 Å². The fraction of sp³-hybridized carbons (Fsp3) is 0.333. The Labute approximate surface area is 84.6 Å². The van der Waals surface area contributed by atoms with Gasteiger partial charge in [0.15, 0.2) is 16.1 Å². The summed E-state index contributed by atoms with van der Waals surface area (Å²) in [5.41, 5.74) is 0. The van der Waals surface area contributed by atoms with Gasteiger partial charge in [0.1, 0.15) is 5.82 Å². The number of alkyl halides is 1. The van der Waals surface area contributed by atoms with Gasteiger partial charge in [0.25, 0.3) is 0 Å². The Kier molecular flexibility index (Phi) is 3.38. The van der Waals surface area contributed by atoms with E-state index in [0.717, 1.165) is 0 Å². The Morgan fingerprint density at radius 1 is 1.25 bits per heavy atom. The van der Waals surface area contributed by atoms with Gasteiger partial charge in [-0.3, -0.25) is 0 Å². The topological polar surface area (TPSA) is 35.0 Å². The van der Waals surface area contributed by atoms with Crippen molar-refractivity contribution in [3.63, 3.8) is 0 Å². The quantitative estimate of drug-likeness (QED) is 0.575. The minimum atomic E-state index is 0.170. The molecule has 0 unspecified atom stereocenters. The molecule has 0 N–H and O–H groups in total. The molecule has 1 aromatic heterocycles. The highest BCUT2D eigenvalue weighted by molar-refractivity contribution is 6.35. The van der Waals surface area contributed by atoms with E-state index in [1.807, 2.05) is 0 Å². The molecule has 66 valence electrons. The largest absolute Gasteiger partial charge is 0.491 e. The number of hydrogen-bond acceptors (Lipinski definition) is 3. The van der Waals surface area contributed by atoms with Crippen molar-refractivity contribution in [3.05, 3.63) is 16.1 Å². The fourth-order valence-electron chi connectivity index (χ4n) is 0.666. The molecule has 1 aromatic rings. The van der Waals surface area contributed by atoms with Gasteiger partial charge in [-0.1, -0.05) is 23.2 Å². The lowest BCUT2D eigenvalue weighted by Crippen LogP contribution is -1.96. The predicted octanol–water partition coefficient (Wildman–Crippen LogP) is 2.53. The van der Waals surface area contributed by atoms with Gasteiger partial charge in [-0.2, -0.15) is 0 Å². The highest BCUT2D eigenvalue weighted by Crippen LogP contribution is 2.29. The van der Waals surface area contributed by atoms with Crippen LogP contribution in [0.5, 0.6) is 5.75 Å². The third-order valence-corrected chi connectivity index (χ3v) is 1.90. The van der Waals surface area contributed by atoms with Crippen molar-refractivity contribution >= 4 is 34.8 Å². The van der Waals surface area contributed by atoms with E-state index in [9.17, 15) is 0 Å². The van der Waals surface area contributed by atoms with Crippen LogP contribution >= 0.6 is 34.8 Å². The van der Waals surface area contributed by atoms with E-state index < -0.39 is 0 Å². The first-order chi connectivity index (χ1) is 5.69. The normalized spacial score (nSPS) is 10.0. The number of nitrogens with zero attached hydrogens (tertiary/aromatic N) is 2. The summed E-state index contributed by atoms with van der Waals surface area (Å²) in [6, 6.07) is 0. The first-order valence-electron chi connectivity index (χ1n) is 3.01. The van der Waals surface area contributed by atoms with Gasteiger partial charge in [-0.15, -0.1) is 11.6 Å². The average Bonchev–Trinajstić information content (AvgIpc) is 2.03. The molecule has 12 heavy (non-hydrogen) atoms. The summed E-state index contributed by atoms with van der Waals surface area (Å²) in [5, 5.41) is 0.348. The molecule has 0 bridgehead atoms. The second-order valence-electron chi connectivity index (χ2n) is 1.89. The molecule has 1 heterocycles. The highest BCUT2D eigenvalue weighted by Gasteiger charge is 2.10. The molecule has 0 fully saturated rings. The Morgan fingerprint density at radius 3 is 2.08 bits per heavy atom. The number of hydrogen-bond donors (Lipinski definition) is 0. The molecule has 0 radical (unpaired) electrons. The first kappa shape index (κ1) is 9.84. The van der Waals surface area contributed by atoms with Crippen molar-refractivity contribution < 1.29 is 4.74 Å². The van der Waals surface area contributed by atoms with E-state index in [0.29, 0.717) is 5.82 Å². The second-order valence-corrected chi connectivity index (χ2v) is 2.87. The van der Waals surface area contributed by atoms with E-state index in [-0.39, 0.29) is 21.9 Å². The maximum atomic E-state index is 5.69. The molecule has 1 rings (SSSR count). The summed E-state index contributed by atoms with van der Waals surface area (Å²) in [6.07, 6.45) is 0. The number of halogens is 3. The Bertz CT molecular complexity index is 269. The molecule has 0 spiro atoms. The molecule has 6 heteroatoms. The summed E-state index contributed by atoms with van der Waals surface area (Å²) in [5.74, 6) is 0.823. The van der Waals surface area contributed by atoms with Gasteiger partial charge in [-0.05, 0) is 0 Å². The molecule has 0 atom stereocenters. The fourth-order valence-corrected chi connectivity index (χ4v) is 1.36. The molecule has 0 aliphatic carbocycles. The van der Waals surface area contributed by atoms with Crippen molar-refractivity contribution in [2.45, 2.75) is 5.88 Å². The second kappa shape index (κ2) is 4.12. The van der Waals surface area contributed by atoms with Crippen LogP contribution in [0.15, 0.2) is 0 Å². The van der Waals surface area contributed by atoms with E-state index in [2.05, 4.69) is 9.97 Å². The molecule has 0 aliphatic rings. The van der Waals surface area contributed by atoms with Crippen LogP contribution in [0.25, 0.3) is 0 Å². The van der Waals surface area contributed by atoms with Gasteiger partial charge in [-0.25, -0.2) is 9.97 Å². The minimum absolute atomic E-state index is 0.170. The van der Waals surface area contributed by atoms with Gasteiger partial charge >= 0.3 is 0 Å². The number of aromatic nitrogens is 2. The summed E-state index contributed by atoms with van der Waals surface area (Å²) < 4.78 is 4.84. The third kappa shape index (κ3) is 1.91. The van der Waals surface area contributed by atoms with Crippen LogP contribution in [-0.2, 0) is 5.88 Å². The van der Waals surface area contributed by atoms with Gasteiger partial charge in [0.05, 0.1) is 13.0 Å². The van der Waals surface area contributed by atoms with Gasteiger partial charge in [0, 0.05) is 0 Å². The van der Waals surface area contributed by atoms with Crippen molar-refractivity contribution in [1.82, 2.24) is 9.97 Å². The van der Waals surface area contributed by atoms with Crippen LogP contribution in [0.1, 0.15) is 5.82 Å². The number of rotatable bonds is 2. The van der Waals surface area contributed by atoms with Crippen molar-refractivity contribution in [1.29, 1.82) is 0 Å². The molecule has 3 nitrogen and oxygen atoms in total. The Balaban J connectivity index is 3.18. The average molecular weight is 227 g/mol. The van der Waals surface area contributed by atoms with E-state index >= 15 is 0 Å². The van der Waals surface area contributed by atoms with Crippen LogP contribution in [0.3, 0.4) is 0 Å². The van der Waals surface area contributed by atoms with Gasteiger partial charge < -0.3 is 4.74 Å². The number of ether oxygens (including phenoxy) is 1. The minimum Gasteiger partial charge on any atom is -0.491 e. The van der Waals surface area contributed by atoms with Crippen LogP contribution in [0.2, 0.25) is 10.3 Å². The van der Waals surface area contributed by atoms with Crippen LogP contribution in [0, 0.1) is 0 Å². The summed E-state index contributed by atoms with van der Waals surface area (Å²) in [4.78, 5) is 7.67. The Hall–Kier alpha value is -0.250. The van der Waals surface area contributed by atoms with Crippen molar-refractivity contribution in [2.24, 2.45) is 0 Å². The monoisotopic (exact) mass is 226 g/mol. The van der Waals surface area contributed by atoms with Crippen LogP contribution < -0.4 is 4.74 Å². The molecule has 0 amide bonds. The predicted molar refractivity (Wildman–Crippen MR) is 48.2 cm³/mol. The van der Waals surface area contributed by atoms with Crippen LogP contribution in [0.4, 0.5) is 0 Å². The first-order valence-corrected chi connectivity index (χ1v) is 4.30. The maximum Gasteiger partial charge on any atom is 0.193 e. The smallest absolute Gasteiger partial charge is 0.193 e. The summed E-state index contributed by atoms with van der Waals surface area (Å²) >= 11 is 16.9. The van der Waals surface area contributed by atoms with E-state index in [4.69, 9.17) is 39.5 Å². The zero-order valence-electron chi connectivity index (χ0n) is 6.14. The summed E-state index contributed by atoms with van der Waals surface area (Å²) in [6.45, 7) is 0. The standard InChI is InChI=1S/C6H5Cl3N2O/c1-12-4-5(8)10-3(2-7)11-6(4)9/h2H2,1H3. The third-order valence-electron chi connectivity index (χ3n) is 1.15. The molecule has 0 saturated carbocycles. The zero-order valence-corrected chi connectivity index (χ0v) is 8.41. The lowest BCUT2D eigenvalue weighted by molar-refractivity contribution is 0.410. The maximum absolute atomic E-state index is 5.69. The summed E-state index contributed by atoms with van der Waals surface area (Å²) in [7, 11) is 1.44. The number of methoxy groups -OCH3 is 1. The zero-order chi connectivity index (χ0) is 9.14. The highest BCUT2D eigenvalue weighted by atomic mass is 35.5. The van der Waals surface area contributed by atoms with Gasteiger partial charge in [0.2, 0.25) is 0 Å². The lowest BCUT2D eigenvalue weighted by atomic mass is 10.5.